The number of carbonyl (C=O) groups is 2. The van der Waals surface area contributed by atoms with Gasteiger partial charge in [0, 0.05) is 25.9 Å². The minimum absolute atomic E-state index is 0.0243. The first-order valence-electron chi connectivity index (χ1n) is 8.59. The summed E-state index contributed by atoms with van der Waals surface area (Å²) in [5, 5.41) is 0. The van der Waals surface area contributed by atoms with Gasteiger partial charge in [-0.2, -0.15) is 0 Å². The Morgan fingerprint density at radius 1 is 1.12 bits per heavy atom. The maximum Gasteiger partial charge on any atom is 0.509 e. The van der Waals surface area contributed by atoms with Gasteiger partial charge in [-0.3, -0.25) is 4.79 Å². The molecule has 1 atom stereocenters. The highest BCUT2D eigenvalue weighted by atomic mass is 16.8. The van der Waals surface area contributed by atoms with Crippen LogP contribution in [0.1, 0.15) is 38.7 Å². The molecule has 2 heterocycles. The van der Waals surface area contributed by atoms with Crippen LogP contribution in [-0.4, -0.2) is 42.3 Å². The summed E-state index contributed by atoms with van der Waals surface area (Å²) in [6, 6.07) is 10.1. The molecule has 5 heteroatoms. The number of amides is 1. The van der Waals surface area contributed by atoms with Crippen LogP contribution in [0.25, 0.3) is 0 Å². The highest BCUT2D eigenvalue weighted by molar-refractivity contribution is 5.93. The fourth-order valence-corrected chi connectivity index (χ4v) is 4.38. The molecule has 4 rings (SSSR count). The van der Waals surface area contributed by atoms with Crippen molar-refractivity contribution in [1.29, 1.82) is 0 Å². The van der Waals surface area contributed by atoms with Crippen molar-refractivity contribution in [2.45, 2.75) is 44.1 Å². The number of piperidine rings is 1. The topological polar surface area (TPSA) is 55.8 Å². The predicted octanol–water partition coefficient (Wildman–Crippen LogP) is 2.88. The molecule has 1 aromatic carbocycles. The average molecular weight is 329 g/mol. The lowest BCUT2D eigenvalue weighted by Crippen LogP contribution is -2.51. The van der Waals surface area contributed by atoms with Gasteiger partial charge in [0.25, 0.3) is 0 Å². The van der Waals surface area contributed by atoms with Gasteiger partial charge in [0.2, 0.25) is 5.91 Å². The van der Waals surface area contributed by atoms with Crippen LogP contribution in [-0.2, 0) is 19.7 Å². The van der Waals surface area contributed by atoms with E-state index in [0.29, 0.717) is 32.5 Å². The molecule has 1 aromatic rings. The van der Waals surface area contributed by atoms with Crippen LogP contribution in [0.15, 0.2) is 30.3 Å². The van der Waals surface area contributed by atoms with Gasteiger partial charge in [0.15, 0.2) is 5.60 Å². The Labute approximate surface area is 141 Å². The lowest BCUT2D eigenvalue weighted by molar-refractivity contribution is -0.138. The second-order valence-electron chi connectivity index (χ2n) is 7.95. The molecule has 24 heavy (non-hydrogen) atoms. The average Bonchev–Trinajstić information content (AvgIpc) is 3.00. The van der Waals surface area contributed by atoms with Crippen molar-refractivity contribution in [2.75, 3.05) is 19.7 Å². The number of likely N-dealkylation sites (tertiary alicyclic amines) is 1. The van der Waals surface area contributed by atoms with Crippen molar-refractivity contribution >= 4 is 12.1 Å². The van der Waals surface area contributed by atoms with Crippen LogP contribution >= 0.6 is 0 Å². The van der Waals surface area contributed by atoms with E-state index in [1.165, 1.54) is 0 Å². The van der Waals surface area contributed by atoms with Crippen molar-refractivity contribution < 1.29 is 19.1 Å². The Morgan fingerprint density at radius 3 is 2.25 bits per heavy atom. The van der Waals surface area contributed by atoms with Crippen molar-refractivity contribution in [3.8, 4) is 0 Å². The quantitative estimate of drug-likeness (QED) is 0.783. The molecule has 0 unspecified atom stereocenters. The molecule has 0 N–H and O–H groups in total. The molecule has 1 saturated carbocycles. The highest BCUT2D eigenvalue weighted by Gasteiger charge is 2.68. The fourth-order valence-electron chi connectivity index (χ4n) is 4.38. The SMILES string of the molecule is CC1(C)C[C@]1(C(=O)N1CCC2(CC1)COC(=O)O2)c1ccccc1. The maximum absolute atomic E-state index is 13.4. The zero-order valence-electron chi connectivity index (χ0n) is 14.2. The van der Waals surface area contributed by atoms with Gasteiger partial charge in [-0.15, -0.1) is 0 Å². The summed E-state index contributed by atoms with van der Waals surface area (Å²) in [4.78, 5) is 26.5. The summed E-state index contributed by atoms with van der Waals surface area (Å²) in [5.41, 5.74) is 0.147. The van der Waals surface area contributed by atoms with Crippen LogP contribution in [0, 0.1) is 5.41 Å². The first-order chi connectivity index (χ1) is 11.4. The molecule has 1 spiro atoms. The minimum atomic E-state index is -0.584. The number of cyclic esters (lactones) is 1. The predicted molar refractivity (Wildman–Crippen MR) is 87.5 cm³/mol. The summed E-state index contributed by atoms with van der Waals surface area (Å²) in [6.45, 7) is 5.86. The second kappa shape index (κ2) is 4.98. The van der Waals surface area contributed by atoms with Gasteiger partial charge >= 0.3 is 6.16 Å². The van der Waals surface area contributed by atoms with Gasteiger partial charge < -0.3 is 14.4 Å². The number of hydrogen-bond acceptors (Lipinski definition) is 4. The third-order valence-electron chi connectivity index (χ3n) is 6.08. The number of nitrogens with zero attached hydrogens (tertiary/aromatic N) is 1. The zero-order chi connectivity index (χ0) is 17.0. The molecule has 0 aromatic heterocycles. The number of hydrogen-bond donors (Lipinski definition) is 0. The van der Waals surface area contributed by atoms with Crippen molar-refractivity contribution in [3.05, 3.63) is 35.9 Å². The molecule has 1 aliphatic carbocycles. The van der Waals surface area contributed by atoms with Crippen LogP contribution in [0.4, 0.5) is 4.79 Å². The molecule has 0 radical (unpaired) electrons. The van der Waals surface area contributed by atoms with E-state index in [9.17, 15) is 9.59 Å². The molecule has 1 amide bonds. The van der Waals surface area contributed by atoms with Gasteiger partial charge in [-0.1, -0.05) is 44.2 Å². The molecule has 2 saturated heterocycles. The lowest BCUT2D eigenvalue weighted by Gasteiger charge is -2.38. The van der Waals surface area contributed by atoms with Crippen molar-refractivity contribution in [2.24, 2.45) is 5.41 Å². The Hall–Kier alpha value is -2.04. The standard InChI is InChI=1S/C19H23NO4/c1-17(2)12-19(17,14-6-4-3-5-7-14)15(21)20-10-8-18(9-11-20)13-23-16(22)24-18/h3-7H,8-13H2,1-2H3/t19-/m1/s1. The fraction of sp³-hybridized carbons (Fsp3) is 0.579. The van der Waals surface area contributed by atoms with E-state index in [-0.39, 0.29) is 11.3 Å². The summed E-state index contributed by atoms with van der Waals surface area (Å²) >= 11 is 0. The number of ether oxygens (including phenoxy) is 2. The lowest BCUT2D eigenvalue weighted by atomic mass is 9.85. The van der Waals surface area contributed by atoms with Crippen LogP contribution in [0.2, 0.25) is 0 Å². The molecule has 0 bridgehead atoms. The second-order valence-corrected chi connectivity index (χ2v) is 7.95. The maximum atomic E-state index is 13.4. The van der Waals surface area contributed by atoms with Gasteiger partial charge in [-0.25, -0.2) is 4.79 Å². The summed E-state index contributed by atoms with van der Waals surface area (Å²) in [5.74, 6) is 0.207. The smallest absolute Gasteiger partial charge is 0.430 e. The van der Waals surface area contributed by atoms with Gasteiger partial charge in [-0.05, 0) is 17.4 Å². The number of rotatable bonds is 2. The third kappa shape index (κ3) is 2.14. The Balaban J connectivity index is 1.53. The van der Waals surface area contributed by atoms with Crippen molar-refractivity contribution in [1.82, 2.24) is 4.90 Å². The van der Waals surface area contributed by atoms with Gasteiger partial charge in [0.05, 0.1) is 5.41 Å². The Bertz CT molecular complexity index is 676. The third-order valence-corrected chi connectivity index (χ3v) is 6.08. The van der Waals surface area contributed by atoms with E-state index in [1.807, 2.05) is 23.1 Å². The first kappa shape index (κ1) is 15.5. The van der Waals surface area contributed by atoms with Gasteiger partial charge in [0.1, 0.15) is 6.61 Å². The molecule has 5 nitrogen and oxygen atoms in total. The molecule has 2 aliphatic heterocycles. The summed E-state index contributed by atoms with van der Waals surface area (Å²) in [7, 11) is 0. The highest BCUT2D eigenvalue weighted by Crippen LogP contribution is 2.65. The van der Waals surface area contributed by atoms with E-state index in [4.69, 9.17) is 9.47 Å². The first-order valence-corrected chi connectivity index (χ1v) is 8.59. The Morgan fingerprint density at radius 2 is 1.75 bits per heavy atom. The largest absolute Gasteiger partial charge is 0.509 e. The minimum Gasteiger partial charge on any atom is -0.430 e. The number of carbonyl (C=O) groups excluding carboxylic acids is 2. The van der Waals surface area contributed by atoms with E-state index < -0.39 is 17.2 Å². The molecule has 3 fully saturated rings. The molecule has 3 aliphatic rings. The van der Waals surface area contributed by atoms with E-state index in [2.05, 4.69) is 26.0 Å². The van der Waals surface area contributed by atoms with Crippen LogP contribution in [0.3, 0.4) is 0 Å². The molecular weight excluding hydrogens is 306 g/mol. The zero-order valence-corrected chi connectivity index (χ0v) is 14.2. The van der Waals surface area contributed by atoms with Crippen molar-refractivity contribution in [3.63, 3.8) is 0 Å². The van der Waals surface area contributed by atoms with Crippen LogP contribution < -0.4 is 0 Å². The van der Waals surface area contributed by atoms with E-state index in [1.54, 1.807) is 0 Å². The Kier molecular flexibility index (Phi) is 3.21. The number of benzene rings is 1. The van der Waals surface area contributed by atoms with E-state index in [0.717, 1.165) is 12.0 Å². The monoisotopic (exact) mass is 329 g/mol. The summed E-state index contributed by atoms with van der Waals surface area (Å²) < 4.78 is 10.3. The van der Waals surface area contributed by atoms with Crippen LogP contribution in [0.5, 0.6) is 0 Å². The normalized spacial score (nSPS) is 29.9. The molecule has 128 valence electrons. The van der Waals surface area contributed by atoms with E-state index >= 15 is 0 Å². The molecular formula is C19H23NO4. The summed E-state index contributed by atoms with van der Waals surface area (Å²) in [6.07, 6.45) is 1.59.